The molecular weight excluding hydrogens is 264 g/mol. The predicted octanol–water partition coefficient (Wildman–Crippen LogP) is 1.51. The van der Waals surface area contributed by atoms with Gasteiger partial charge in [-0.15, -0.1) is 5.10 Å². The van der Waals surface area contributed by atoms with Gasteiger partial charge in [0.25, 0.3) is 5.91 Å². The SMILES string of the molecule is CNc1snnc1CN1C(=O)COc2ccccc21. The lowest BCUT2D eigenvalue weighted by atomic mass is 10.2. The Morgan fingerprint density at radius 3 is 3.16 bits per heavy atom. The predicted molar refractivity (Wildman–Crippen MR) is 72.6 cm³/mol. The van der Waals surface area contributed by atoms with Crippen molar-refractivity contribution in [1.82, 2.24) is 9.59 Å². The summed E-state index contributed by atoms with van der Waals surface area (Å²) >= 11 is 1.28. The van der Waals surface area contributed by atoms with E-state index in [1.54, 1.807) is 4.90 Å². The van der Waals surface area contributed by atoms with Crippen molar-refractivity contribution in [1.29, 1.82) is 0 Å². The van der Waals surface area contributed by atoms with E-state index in [1.807, 2.05) is 31.3 Å². The molecule has 98 valence electrons. The lowest BCUT2D eigenvalue weighted by Gasteiger charge is -2.28. The molecular formula is C12H12N4O2S. The fourth-order valence-electron chi connectivity index (χ4n) is 1.98. The molecule has 0 saturated heterocycles. The lowest BCUT2D eigenvalue weighted by Crippen LogP contribution is -2.38. The Kier molecular flexibility index (Phi) is 3.04. The van der Waals surface area contributed by atoms with E-state index in [2.05, 4.69) is 14.9 Å². The first kappa shape index (κ1) is 11.9. The van der Waals surface area contributed by atoms with E-state index in [0.29, 0.717) is 6.54 Å². The molecule has 0 radical (unpaired) electrons. The summed E-state index contributed by atoms with van der Waals surface area (Å²) < 4.78 is 9.30. The zero-order valence-electron chi connectivity index (χ0n) is 10.3. The lowest BCUT2D eigenvalue weighted by molar-refractivity contribution is -0.121. The first-order valence-corrected chi connectivity index (χ1v) is 6.58. The summed E-state index contributed by atoms with van der Waals surface area (Å²) in [6.45, 7) is 0.454. The van der Waals surface area contributed by atoms with Crippen molar-refractivity contribution in [3.8, 4) is 5.75 Å². The number of aromatic nitrogens is 2. The minimum atomic E-state index is -0.0752. The average Bonchev–Trinajstić information content (AvgIpc) is 2.89. The van der Waals surface area contributed by atoms with Crippen LogP contribution in [0.2, 0.25) is 0 Å². The summed E-state index contributed by atoms with van der Waals surface area (Å²) in [5, 5.41) is 7.96. The molecule has 1 aromatic carbocycles. The summed E-state index contributed by atoms with van der Waals surface area (Å²) in [5.74, 6) is 0.644. The molecule has 1 N–H and O–H groups in total. The maximum Gasteiger partial charge on any atom is 0.265 e. The van der Waals surface area contributed by atoms with Gasteiger partial charge in [-0.2, -0.15) is 0 Å². The van der Waals surface area contributed by atoms with Crippen molar-refractivity contribution in [3.05, 3.63) is 30.0 Å². The molecule has 0 unspecified atom stereocenters. The number of hydrogen-bond acceptors (Lipinski definition) is 6. The highest BCUT2D eigenvalue weighted by atomic mass is 32.1. The maximum absolute atomic E-state index is 12.0. The number of nitrogens with zero attached hydrogens (tertiary/aromatic N) is 3. The van der Waals surface area contributed by atoms with Gasteiger partial charge >= 0.3 is 0 Å². The average molecular weight is 276 g/mol. The Hall–Kier alpha value is -2.15. The van der Waals surface area contributed by atoms with E-state index in [0.717, 1.165) is 22.1 Å². The number of amides is 1. The van der Waals surface area contributed by atoms with E-state index in [9.17, 15) is 4.79 Å². The Bertz CT molecular complexity index is 613. The van der Waals surface area contributed by atoms with Gasteiger partial charge in [-0.05, 0) is 12.1 Å². The number of para-hydroxylation sites is 2. The summed E-state index contributed by atoms with van der Waals surface area (Å²) in [6, 6.07) is 7.49. The van der Waals surface area contributed by atoms with Crippen molar-refractivity contribution >= 4 is 28.1 Å². The van der Waals surface area contributed by atoms with Gasteiger partial charge in [0.05, 0.1) is 12.2 Å². The minimum absolute atomic E-state index is 0.0590. The topological polar surface area (TPSA) is 67.4 Å². The second-order valence-corrected chi connectivity index (χ2v) is 4.79. The highest BCUT2D eigenvalue weighted by Crippen LogP contribution is 2.33. The number of carbonyl (C=O) groups excluding carboxylic acids is 1. The third-order valence-corrected chi connectivity index (χ3v) is 3.68. The van der Waals surface area contributed by atoms with Crippen molar-refractivity contribution in [2.24, 2.45) is 0 Å². The molecule has 0 aliphatic carbocycles. The van der Waals surface area contributed by atoms with E-state index in [1.165, 1.54) is 11.5 Å². The Balaban J connectivity index is 1.94. The summed E-state index contributed by atoms with van der Waals surface area (Å²) in [6.07, 6.45) is 0. The van der Waals surface area contributed by atoms with Crippen LogP contribution in [0.25, 0.3) is 0 Å². The van der Waals surface area contributed by atoms with E-state index in [4.69, 9.17) is 4.74 Å². The van der Waals surface area contributed by atoms with Crippen LogP contribution in [-0.4, -0.2) is 29.1 Å². The van der Waals surface area contributed by atoms with Gasteiger partial charge < -0.3 is 10.1 Å². The maximum atomic E-state index is 12.0. The highest BCUT2D eigenvalue weighted by Gasteiger charge is 2.26. The standard InChI is InChI=1S/C12H12N4O2S/c1-13-12-8(14-15-19-12)6-16-9-4-2-3-5-10(9)18-7-11(16)17/h2-5,13H,6-7H2,1H3. The molecule has 19 heavy (non-hydrogen) atoms. The molecule has 0 bridgehead atoms. The Labute approximate surface area is 114 Å². The second-order valence-electron chi connectivity index (χ2n) is 4.04. The molecule has 6 nitrogen and oxygen atoms in total. The third kappa shape index (κ3) is 2.12. The number of nitrogens with one attached hydrogen (secondary N) is 1. The second kappa shape index (κ2) is 4.85. The first-order chi connectivity index (χ1) is 9.29. The molecule has 2 aromatic rings. The molecule has 2 heterocycles. The first-order valence-electron chi connectivity index (χ1n) is 5.81. The smallest absolute Gasteiger partial charge is 0.265 e. The zero-order valence-corrected chi connectivity index (χ0v) is 11.1. The van der Waals surface area contributed by atoms with Gasteiger partial charge in [0.2, 0.25) is 0 Å². The quantitative estimate of drug-likeness (QED) is 0.920. The summed E-state index contributed by atoms with van der Waals surface area (Å²) in [4.78, 5) is 13.7. The van der Waals surface area contributed by atoms with Crippen molar-refractivity contribution in [2.45, 2.75) is 6.54 Å². The third-order valence-electron chi connectivity index (χ3n) is 2.90. The van der Waals surface area contributed by atoms with Gasteiger partial charge in [-0.1, -0.05) is 16.6 Å². The molecule has 1 aliphatic rings. The van der Waals surface area contributed by atoms with Crippen molar-refractivity contribution in [3.63, 3.8) is 0 Å². The number of benzene rings is 1. The van der Waals surface area contributed by atoms with E-state index < -0.39 is 0 Å². The van der Waals surface area contributed by atoms with Gasteiger partial charge in [0.1, 0.15) is 16.4 Å². The van der Waals surface area contributed by atoms with Crippen molar-refractivity contribution in [2.75, 3.05) is 23.9 Å². The molecule has 1 aliphatic heterocycles. The molecule has 0 saturated carbocycles. The van der Waals surface area contributed by atoms with Gasteiger partial charge in [-0.25, -0.2) is 0 Å². The monoisotopic (exact) mass is 276 g/mol. The summed E-state index contributed by atoms with van der Waals surface area (Å²) in [7, 11) is 1.81. The highest BCUT2D eigenvalue weighted by molar-refractivity contribution is 7.10. The summed E-state index contributed by atoms with van der Waals surface area (Å²) in [5.41, 5.74) is 1.53. The van der Waals surface area contributed by atoms with E-state index >= 15 is 0 Å². The van der Waals surface area contributed by atoms with Crippen LogP contribution >= 0.6 is 11.5 Å². The zero-order chi connectivity index (χ0) is 13.2. The Morgan fingerprint density at radius 1 is 1.47 bits per heavy atom. The van der Waals surface area contributed by atoms with Crippen LogP contribution in [0, 0.1) is 0 Å². The van der Waals surface area contributed by atoms with Crippen LogP contribution in [-0.2, 0) is 11.3 Å². The van der Waals surface area contributed by atoms with Gasteiger partial charge in [0, 0.05) is 18.6 Å². The number of ether oxygens (including phenoxy) is 1. The van der Waals surface area contributed by atoms with Gasteiger partial charge in [0.15, 0.2) is 6.61 Å². The normalized spacial score (nSPS) is 13.9. The molecule has 1 aromatic heterocycles. The van der Waals surface area contributed by atoms with Crippen LogP contribution < -0.4 is 15.0 Å². The fourth-order valence-corrected chi connectivity index (χ4v) is 2.50. The van der Waals surface area contributed by atoms with Crippen LogP contribution in [0.3, 0.4) is 0 Å². The minimum Gasteiger partial charge on any atom is -0.482 e. The van der Waals surface area contributed by atoms with Crippen LogP contribution in [0.1, 0.15) is 5.69 Å². The van der Waals surface area contributed by atoms with Crippen LogP contribution in [0.5, 0.6) is 5.75 Å². The number of fused-ring (bicyclic) bond motifs is 1. The molecule has 7 heteroatoms. The number of carbonyl (C=O) groups is 1. The Morgan fingerprint density at radius 2 is 2.32 bits per heavy atom. The molecule has 0 fully saturated rings. The molecule has 0 spiro atoms. The van der Waals surface area contributed by atoms with Crippen LogP contribution in [0.15, 0.2) is 24.3 Å². The number of hydrogen-bond donors (Lipinski definition) is 1. The van der Waals surface area contributed by atoms with Gasteiger partial charge in [-0.3, -0.25) is 9.69 Å². The van der Waals surface area contributed by atoms with Crippen molar-refractivity contribution < 1.29 is 9.53 Å². The molecule has 1 amide bonds. The number of rotatable bonds is 3. The number of anilines is 2. The molecule has 0 atom stereocenters. The van der Waals surface area contributed by atoms with E-state index in [-0.39, 0.29) is 12.5 Å². The van der Waals surface area contributed by atoms with Crippen LogP contribution in [0.4, 0.5) is 10.7 Å². The fraction of sp³-hybridized carbons (Fsp3) is 0.250. The molecule has 3 rings (SSSR count). The largest absolute Gasteiger partial charge is 0.482 e.